The van der Waals surface area contributed by atoms with E-state index in [1.807, 2.05) is 0 Å². The van der Waals surface area contributed by atoms with E-state index in [4.69, 9.17) is 17.3 Å². The van der Waals surface area contributed by atoms with E-state index in [0.29, 0.717) is 11.2 Å². The van der Waals surface area contributed by atoms with Gasteiger partial charge in [-0.15, -0.1) is 0 Å². The van der Waals surface area contributed by atoms with Crippen LogP contribution < -0.4 is 5.73 Å². The number of fused-ring (bicyclic) bond motifs is 1. The smallest absolute Gasteiger partial charge is 0.204 e. The van der Waals surface area contributed by atoms with Crippen molar-refractivity contribution in [3.63, 3.8) is 0 Å². The van der Waals surface area contributed by atoms with Crippen LogP contribution in [0.4, 0.5) is 0 Å². The molecule has 0 saturated heterocycles. The van der Waals surface area contributed by atoms with Crippen LogP contribution in [0, 0.1) is 5.92 Å². The van der Waals surface area contributed by atoms with Crippen molar-refractivity contribution in [1.29, 1.82) is 0 Å². The molecule has 78 valence electrons. The van der Waals surface area contributed by atoms with E-state index in [9.17, 15) is 0 Å². The highest BCUT2D eigenvalue weighted by Crippen LogP contribution is 2.30. The van der Waals surface area contributed by atoms with Crippen LogP contribution in [0.2, 0.25) is 5.28 Å². The molecule has 0 spiro atoms. The summed E-state index contributed by atoms with van der Waals surface area (Å²) in [6.07, 6.45) is 3.31. The van der Waals surface area contributed by atoms with Gasteiger partial charge in [-0.3, -0.25) is 0 Å². The molecule has 3 nitrogen and oxygen atoms in total. The third-order valence-electron chi connectivity index (χ3n) is 2.78. The second kappa shape index (κ2) is 4.21. The van der Waals surface area contributed by atoms with Gasteiger partial charge in [0.25, 0.3) is 0 Å². The van der Waals surface area contributed by atoms with Gasteiger partial charge in [-0.1, -0.05) is 0 Å². The second-order valence-corrected chi connectivity index (χ2v) is 4.80. The topological polar surface area (TPSA) is 43.8 Å². The Balaban J connectivity index is 2.21. The molecule has 0 aromatic carbocycles. The summed E-state index contributed by atoms with van der Waals surface area (Å²) >= 11 is 9.44. The van der Waals surface area contributed by atoms with E-state index in [1.165, 1.54) is 12.1 Å². The number of halogens is 2. The molecular formula is C9H13BrClN3. The molecule has 0 radical (unpaired) electrons. The molecule has 1 aromatic heterocycles. The van der Waals surface area contributed by atoms with Crippen molar-refractivity contribution in [3.05, 3.63) is 15.6 Å². The maximum Gasteiger partial charge on any atom is 0.204 e. The van der Waals surface area contributed by atoms with Crippen LogP contribution in [-0.4, -0.2) is 16.1 Å². The molecule has 0 aliphatic carbocycles. The summed E-state index contributed by atoms with van der Waals surface area (Å²) in [6, 6.07) is 0. The van der Waals surface area contributed by atoms with Gasteiger partial charge in [0, 0.05) is 6.54 Å². The van der Waals surface area contributed by atoms with Crippen LogP contribution in [0.5, 0.6) is 0 Å². The van der Waals surface area contributed by atoms with Crippen molar-refractivity contribution in [1.82, 2.24) is 9.55 Å². The average Bonchev–Trinajstić information content (AvgIpc) is 2.43. The summed E-state index contributed by atoms with van der Waals surface area (Å²) in [4.78, 5) is 4.20. The Hall–Kier alpha value is -0.0600. The summed E-state index contributed by atoms with van der Waals surface area (Å²) in [5.74, 6) is 0.658. The number of rotatable bonds is 2. The minimum absolute atomic E-state index is 0.591. The predicted octanol–water partition coefficient (Wildman–Crippen LogP) is 2.21. The number of hydrogen-bond acceptors (Lipinski definition) is 2. The summed E-state index contributed by atoms with van der Waals surface area (Å²) in [6.45, 7) is 1.72. The van der Waals surface area contributed by atoms with E-state index >= 15 is 0 Å². The van der Waals surface area contributed by atoms with Crippen LogP contribution in [0.25, 0.3) is 0 Å². The Morgan fingerprint density at radius 2 is 2.43 bits per heavy atom. The fourth-order valence-electron chi connectivity index (χ4n) is 2.01. The standard InChI is InChI=1S/C9H13BrClN3/c10-8-7-2-1-6(3-4-12)5-14(7)9(11)13-8/h6H,1-5,12H2. The summed E-state index contributed by atoms with van der Waals surface area (Å²) in [5, 5.41) is 0.591. The molecule has 5 heteroatoms. The Morgan fingerprint density at radius 1 is 1.64 bits per heavy atom. The maximum absolute atomic E-state index is 6.02. The van der Waals surface area contributed by atoms with Crippen molar-refractivity contribution in [2.75, 3.05) is 6.54 Å². The van der Waals surface area contributed by atoms with Gasteiger partial charge < -0.3 is 10.3 Å². The van der Waals surface area contributed by atoms with E-state index < -0.39 is 0 Å². The van der Waals surface area contributed by atoms with Crippen molar-refractivity contribution in [2.45, 2.75) is 25.8 Å². The summed E-state index contributed by atoms with van der Waals surface area (Å²) < 4.78 is 2.99. The van der Waals surface area contributed by atoms with Gasteiger partial charge >= 0.3 is 0 Å². The Kier molecular flexibility index (Phi) is 3.14. The van der Waals surface area contributed by atoms with E-state index in [-0.39, 0.29) is 0 Å². The lowest BCUT2D eigenvalue weighted by molar-refractivity contribution is 0.352. The van der Waals surface area contributed by atoms with Gasteiger partial charge in [0.1, 0.15) is 4.60 Å². The maximum atomic E-state index is 6.02. The van der Waals surface area contributed by atoms with Crippen LogP contribution in [0.3, 0.4) is 0 Å². The van der Waals surface area contributed by atoms with Gasteiger partial charge in [-0.2, -0.15) is 0 Å². The molecule has 2 N–H and O–H groups in total. The monoisotopic (exact) mass is 277 g/mol. The molecule has 2 rings (SSSR count). The largest absolute Gasteiger partial charge is 0.330 e. The third-order valence-corrected chi connectivity index (χ3v) is 3.71. The van der Waals surface area contributed by atoms with E-state index in [0.717, 1.165) is 30.5 Å². The third kappa shape index (κ3) is 1.83. The normalized spacial score (nSPS) is 20.9. The van der Waals surface area contributed by atoms with E-state index in [1.54, 1.807) is 0 Å². The first-order valence-corrected chi connectivity index (χ1v) is 6.00. The molecule has 2 heterocycles. The van der Waals surface area contributed by atoms with Crippen molar-refractivity contribution in [3.8, 4) is 0 Å². The highest BCUT2D eigenvalue weighted by atomic mass is 79.9. The molecule has 1 aromatic rings. The molecule has 1 aliphatic heterocycles. The van der Waals surface area contributed by atoms with Crippen LogP contribution in [-0.2, 0) is 13.0 Å². The van der Waals surface area contributed by atoms with Crippen molar-refractivity contribution in [2.24, 2.45) is 11.7 Å². The predicted molar refractivity (Wildman–Crippen MR) is 60.4 cm³/mol. The summed E-state index contributed by atoms with van der Waals surface area (Å²) in [7, 11) is 0. The first-order valence-electron chi connectivity index (χ1n) is 4.83. The lowest BCUT2D eigenvalue weighted by Crippen LogP contribution is -2.22. The average molecular weight is 279 g/mol. The van der Waals surface area contributed by atoms with Crippen molar-refractivity contribution < 1.29 is 0 Å². The lowest BCUT2D eigenvalue weighted by atomic mass is 9.95. The number of imidazole rings is 1. The molecule has 0 saturated carbocycles. The SMILES string of the molecule is NCCC1CCc2c(Br)nc(Cl)n2C1. The van der Waals surface area contributed by atoms with Crippen LogP contribution >= 0.6 is 27.5 Å². The number of hydrogen-bond donors (Lipinski definition) is 1. The molecular weight excluding hydrogens is 265 g/mol. The minimum atomic E-state index is 0.591. The van der Waals surface area contributed by atoms with Crippen LogP contribution in [0.1, 0.15) is 18.5 Å². The number of aromatic nitrogens is 2. The van der Waals surface area contributed by atoms with Gasteiger partial charge in [0.05, 0.1) is 5.69 Å². The zero-order valence-corrected chi connectivity index (χ0v) is 10.2. The number of nitrogens with two attached hydrogens (primary N) is 1. The minimum Gasteiger partial charge on any atom is -0.330 e. The van der Waals surface area contributed by atoms with Gasteiger partial charge in [-0.25, -0.2) is 4.98 Å². The van der Waals surface area contributed by atoms with Gasteiger partial charge in [0.15, 0.2) is 0 Å². The van der Waals surface area contributed by atoms with Crippen molar-refractivity contribution >= 4 is 27.5 Å². The highest BCUT2D eigenvalue weighted by Gasteiger charge is 2.23. The summed E-state index contributed by atoms with van der Waals surface area (Å²) in [5.41, 5.74) is 6.78. The quantitative estimate of drug-likeness (QED) is 0.901. The second-order valence-electron chi connectivity index (χ2n) is 3.71. The molecule has 0 fully saturated rings. The first-order chi connectivity index (χ1) is 6.72. The van der Waals surface area contributed by atoms with Crippen LogP contribution in [0.15, 0.2) is 4.60 Å². The molecule has 14 heavy (non-hydrogen) atoms. The lowest BCUT2D eigenvalue weighted by Gasteiger charge is -2.24. The van der Waals surface area contributed by atoms with Gasteiger partial charge in [-0.05, 0) is 59.3 Å². The zero-order chi connectivity index (χ0) is 10.1. The van der Waals surface area contributed by atoms with E-state index in [2.05, 4.69) is 25.5 Å². The zero-order valence-electron chi connectivity index (χ0n) is 7.84. The fourth-order valence-corrected chi connectivity index (χ4v) is 2.95. The Labute approximate surface area is 96.8 Å². The molecule has 1 atom stereocenters. The highest BCUT2D eigenvalue weighted by molar-refractivity contribution is 9.10. The fraction of sp³-hybridized carbons (Fsp3) is 0.667. The Bertz CT molecular complexity index is 337. The van der Waals surface area contributed by atoms with Gasteiger partial charge in [0.2, 0.25) is 5.28 Å². The number of nitrogens with zero attached hydrogens (tertiary/aromatic N) is 2. The first kappa shape index (κ1) is 10.5. The molecule has 1 unspecified atom stereocenters. The molecule has 0 amide bonds. The molecule has 1 aliphatic rings. The molecule has 0 bridgehead atoms. The Morgan fingerprint density at radius 3 is 3.14 bits per heavy atom.